The highest BCUT2D eigenvalue weighted by Crippen LogP contribution is 2.24. The molecule has 2 atom stereocenters. The molecule has 7 nitrogen and oxygen atoms in total. The van der Waals surface area contributed by atoms with Gasteiger partial charge >= 0.3 is 0 Å². The van der Waals surface area contributed by atoms with Gasteiger partial charge in [-0.2, -0.15) is 0 Å². The van der Waals surface area contributed by atoms with Crippen LogP contribution in [0.25, 0.3) is 0 Å². The molecule has 0 bridgehead atoms. The van der Waals surface area contributed by atoms with Gasteiger partial charge in [0.1, 0.15) is 18.2 Å². The first-order chi connectivity index (χ1) is 11.7. The third-order valence-corrected chi connectivity index (χ3v) is 4.72. The molecule has 0 saturated carbocycles. The Balaban J connectivity index is 1.50. The number of hydrogen-bond donors (Lipinski definition) is 1. The zero-order chi connectivity index (χ0) is 16.9. The van der Waals surface area contributed by atoms with Crippen LogP contribution in [0.4, 0.5) is 5.82 Å². The maximum Gasteiger partial charge on any atom is 0.251 e. The molecule has 7 heteroatoms. The first-order valence-corrected chi connectivity index (χ1v) is 8.79. The third kappa shape index (κ3) is 3.95. The summed E-state index contributed by atoms with van der Waals surface area (Å²) in [5, 5.41) is 3.42. The number of hydrogen-bond acceptors (Lipinski definition) is 6. The Morgan fingerprint density at radius 2 is 2.17 bits per heavy atom. The van der Waals surface area contributed by atoms with Crippen LogP contribution in [-0.2, 0) is 9.53 Å². The van der Waals surface area contributed by atoms with Crippen molar-refractivity contribution in [3.8, 4) is 5.88 Å². The Bertz CT molecular complexity index is 561. The predicted octanol–water partition coefficient (Wildman–Crippen LogP) is 1.70. The van der Waals surface area contributed by atoms with Crippen LogP contribution in [0, 0.1) is 5.92 Å². The minimum atomic E-state index is -0.245. The van der Waals surface area contributed by atoms with Crippen molar-refractivity contribution in [3.05, 3.63) is 12.4 Å². The summed E-state index contributed by atoms with van der Waals surface area (Å²) in [7, 11) is 0. The highest BCUT2D eigenvalue weighted by molar-refractivity contribution is 5.81. The highest BCUT2D eigenvalue weighted by Gasteiger charge is 2.35. The van der Waals surface area contributed by atoms with Gasteiger partial charge in [0, 0.05) is 31.8 Å². The number of piperidine rings is 1. The van der Waals surface area contributed by atoms with Crippen molar-refractivity contribution >= 4 is 11.7 Å². The molecule has 2 saturated heterocycles. The average molecular weight is 334 g/mol. The maximum absolute atomic E-state index is 12.5. The summed E-state index contributed by atoms with van der Waals surface area (Å²) in [6, 6.07) is 2.12. The van der Waals surface area contributed by atoms with Crippen LogP contribution < -0.4 is 10.1 Å². The molecule has 1 N–H and O–H groups in total. The lowest BCUT2D eigenvalue weighted by Crippen LogP contribution is -2.47. The van der Waals surface area contributed by atoms with Crippen LogP contribution in [0.15, 0.2) is 12.4 Å². The number of rotatable bonds is 5. The van der Waals surface area contributed by atoms with Gasteiger partial charge in [0.15, 0.2) is 0 Å². The van der Waals surface area contributed by atoms with E-state index in [0.29, 0.717) is 31.1 Å². The number of ether oxygens (including phenoxy) is 2. The molecule has 3 rings (SSSR count). The molecule has 1 aromatic rings. The lowest BCUT2D eigenvalue weighted by molar-refractivity contribution is -0.143. The largest absolute Gasteiger partial charge is 0.478 e. The van der Waals surface area contributed by atoms with E-state index in [9.17, 15) is 4.79 Å². The molecule has 0 radical (unpaired) electrons. The lowest BCUT2D eigenvalue weighted by atomic mass is 10.00. The SMILES string of the molecule is CCOc1cc(NC2CCN(C(=O)[C@H]3OCC[C@H]3C)CC2)ncn1. The van der Waals surface area contributed by atoms with Crippen molar-refractivity contribution in [3.63, 3.8) is 0 Å². The molecule has 132 valence electrons. The Morgan fingerprint density at radius 3 is 2.83 bits per heavy atom. The minimum absolute atomic E-state index is 0.152. The van der Waals surface area contributed by atoms with Crippen molar-refractivity contribution in [2.45, 2.75) is 45.3 Å². The van der Waals surface area contributed by atoms with Crippen LogP contribution in [0.3, 0.4) is 0 Å². The third-order valence-electron chi connectivity index (χ3n) is 4.72. The zero-order valence-corrected chi connectivity index (χ0v) is 14.4. The van der Waals surface area contributed by atoms with E-state index in [-0.39, 0.29) is 12.0 Å². The van der Waals surface area contributed by atoms with Gasteiger partial charge in [-0.3, -0.25) is 4.79 Å². The van der Waals surface area contributed by atoms with Gasteiger partial charge in [-0.05, 0) is 32.1 Å². The molecule has 0 unspecified atom stereocenters. The van der Waals surface area contributed by atoms with Gasteiger partial charge in [-0.25, -0.2) is 9.97 Å². The van der Waals surface area contributed by atoms with Crippen molar-refractivity contribution in [1.29, 1.82) is 0 Å². The number of nitrogens with one attached hydrogen (secondary N) is 1. The Hall–Kier alpha value is -1.89. The molecule has 2 aliphatic rings. The molecule has 3 heterocycles. The fourth-order valence-corrected chi connectivity index (χ4v) is 3.29. The summed E-state index contributed by atoms with van der Waals surface area (Å²) in [4.78, 5) is 22.8. The molecule has 0 spiro atoms. The Labute approximate surface area is 142 Å². The van der Waals surface area contributed by atoms with E-state index in [1.54, 1.807) is 0 Å². The van der Waals surface area contributed by atoms with Gasteiger partial charge in [0.2, 0.25) is 5.88 Å². The first-order valence-electron chi connectivity index (χ1n) is 8.79. The number of carbonyl (C=O) groups excluding carboxylic acids is 1. The van der Waals surface area contributed by atoms with Gasteiger partial charge in [0.05, 0.1) is 6.61 Å². The van der Waals surface area contributed by atoms with Crippen molar-refractivity contribution in [2.24, 2.45) is 5.92 Å². The number of likely N-dealkylation sites (tertiary alicyclic amines) is 1. The van der Waals surface area contributed by atoms with Crippen LogP contribution in [-0.4, -0.2) is 59.2 Å². The Morgan fingerprint density at radius 1 is 1.38 bits per heavy atom. The van der Waals surface area contributed by atoms with Crippen LogP contribution in [0.5, 0.6) is 5.88 Å². The van der Waals surface area contributed by atoms with E-state index in [2.05, 4.69) is 22.2 Å². The summed E-state index contributed by atoms with van der Waals surface area (Å²) >= 11 is 0. The summed E-state index contributed by atoms with van der Waals surface area (Å²) in [6.45, 7) is 6.81. The quantitative estimate of drug-likeness (QED) is 0.883. The Kier molecular flexibility index (Phi) is 5.50. The zero-order valence-electron chi connectivity index (χ0n) is 14.4. The molecule has 2 aliphatic heterocycles. The molecular weight excluding hydrogens is 308 g/mol. The molecule has 0 aliphatic carbocycles. The first kappa shape index (κ1) is 17.0. The summed E-state index contributed by atoms with van der Waals surface area (Å²) in [5.41, 5.74) is 0. The molecule has 2 fully saturated rings. The molecule has 1 amide bonds. The summed E-state index contributed by atoms with van der Waals surface area (Å²) < 4.78 is 11.0. The van der Waals surface area contributed by atoms with Gasteiger partial charge in [0.25, 0.3) is 5.91 Å². The number of aromatic nitrogens is 2. The van der Waals surface area contributed by atoms with Gasteiger partial charge in [-0.1, -0.05) is 6.92 Å². The van der Waals surface area contributed by atoms with Crippen LogP contribution in [0.2, 0.25) is 0 Å². The second kappa shape index (κ2) is 7.79. The highest BCUT2D eigenvalue weighted by atomic mass is 16.5. The topological polar surface area (TPSA) is 76.6 Å². The van der Waals surface area contributed by atoms with Crippen LogP contribution in [0.1, 0.15) is 33.1 Å². The van der Waals surface area contributed by atoms with E-state index in [0.717, 1.165) is 38.2 Å². The summed E-state index contributed by atoms with van der Waals surface area (Å²) in [6.07, 6.45) is 4.04. The molecule has 1 aromatic heterocycles. The van der Waals surface area contributed by atoms with E-state index in [4.69, 9.17) is 9.47 Å². The lowest BCUT2D eigenvalue weighted by Gasteiger charge is -2.34. The van der Waals surface area contributed by atoms with Gasteiger partial charge in [-0.15, -0.1) is 0 Å². The normalized spacial score (nSPS) is 24.8. The van der Waals surface area contributed by atoms with E-state index >= 15 is 0 Å². The maximum atomic E-state index is 12.5. The van der Waals surface area contributed by atoms with Crippen molar-refractivity contribution < 1.29 is 14.3 Å². The van der Waals surface area contributed by atoms with Crippen molar-refractivity contribution in [1.82, 2.24) is 14.9 Å². The molecule has 24 heavy (non-hydrogen) atoms. The summed E-state index contributed by atoms with van der Waals surface area (Å²) in [5.74, 6) is 1.83. The average Bonchev–Trinajstić information content (AvgIpc) is 3.02. The van der Waals surface area contributed by atoms with Gasteiger partial charge < -0.3 is 19.7 Å². The van der Waals surface area contributed by atoms with Crippen LogP contribution >= 0.6 is 0 Å². The monoisotopic (exact) mass is 334 g/mol. The molecular formula is C17H26N4O3. The molecule has 0 aromatic carbocycles. The smallest absolute Gasteiger partial charge is 0.251 e. The number of nitrogens with zero attached hydrogens (tertiary/aromatic N) is 3. The number of carbonyl (C=O) groups is 1. The number of amides is 1. The second-order valence-corrected chi connectivity index (χ2v) is 6.48. The van der Waals surface area contributed by atoms with Crippen molar-refractivity contribution in [2.75, 3.05) is 31.6 Å². The van der Waals surface area contributed by atoms with E-state index < -0.39 is 0 Å². The van der Waals surface area contributed by atoms with E-state index in [1.165, 1.54) is 6.33 Å². The fraction of sp³-hybridized carbons (Fsp3) is 0.706. The fourth-order valence-electron chi connectivity index (χ4n) is 3.29. The second-order valence-electron chi connectivity index (χ2n) is 6.48. The predicted molar refractivity (Wildman–Crippen MR) is 89.9 cm³/mol. The number of anilines is 1. The van der Waals surface area contributed by atoms with E-state index in [1.807, 2.05) is 17.9 Å². The standard InChI is InChI=1S/C17H26N4O3/c1-3-23-15-10-14(18-11-19-15)20-13-4-7-21(8-5-13)17(22)16-12(2)6-9-24-16/h10-13,16H,3-9H2,1-2H3,(H,18,19,20)/t12-,16+/m1/s1. The minimum Gasteiger partial charge on any atom is -0.478 e.